The van der Waals surface area contributed by atoms with Crippen molar-refractivity contribution in [1.29, 1.82) is 0 Å². The molecule has 0 saturated carbocycles. The Labute approximate surface area is 109 Å². The quantitative estimate of drug-likeness (QED) is 0.762. The third-order valence-corrected chi connectivity index (χ3v) is 3.86. The molecule has 2 aliphatic rings. The van der Waals surface area contributed by atoms with Crippen molar-refractivity contribution < 1.29 is 9.53 Å². The Hall–Kier alpha value is -0.650. The van der Waals surface area contributed by atoms with Crippen molar-refractivity contribution in [2.45, 2.75) is 25.9 Å². The van der Waals surface area contributed by atoms with E-state index in [1.165, 1.54) is 0 Å². The van der Waals surface area contributed by atoms with Gasteiger partial charge < -0.3 is 15.4 Å². The van der Waals surface area contributed by atoms with Crippen molar-refractivity contribution in [3.05, 3.63) is 0 Å². The van der Waals surface area contributed by atoms with E-state index in [1.54, 1.807) is 0 Å². The highest BCUT2D eigenvalue weighted by atomic mass is 16.5. The first-order valence-corrected chi connectivity index (χ1v) is 7.03. The van der Waals surface area contributed by atoms with Crippen LogP contribution < -0.4 is 5.73 Å². The number of hydrogen-bond acceptors (Lipinski definition) is 4. The van der Waals surface area contributed by atoms with Crippen LogP contribution in [0.2, 0.25) is 0 Å². The maximum Gasteiger partial charge on any atom is 0.251 e. The van der Waals surface area contributed by atoms with Gasteiger partial charge in [-0.25, -0.2) is 0 Å². The summed E-state index contributed by atoms with van der Waals surface area (Å²) >= 11 is 0. The van der Waals surface area contributed by atoms with E-state index in [0.29, 0.717) is 5.92 Å². The van der Waals surface area contributed by atoms with Gasteiger partial charge in [0.1, 0.15) is 6.10 Å². The maximum absolute atomic E-state index is 12.1. The van der Waals surface area contributed by atoms with Crippen molar-refractivity contribution in [2.24, 2.45) is 11.7 Å². The van der Waals surface area contributed by atoms with Gasteiger partial charge in [-0.05, 0) is 25.3 Å². The predicted octanol–water partition coefficient (Wildman–Crippen LogP) is -0.0956. The van der Waals surface area contributed by atoms with E-state index in [2.05, 4.69) is 11.8 Å². The fraction of sp³-hybridized carbons (Fsp3) is 0.923. The van der Waals surface area contributed by atoms with Crippen molar-refractivity contribution >= 4 is 5.91 Å². The normalized spacial score (nSPS) is 27.4. The number of piperazine rings is 1. The molecule has 5 nitrogen and oxygen atoms in total. The lowest BCUT2D eigenvalue weighted by atomic mass is 10.1. The van der Waals surface area contributed by atoms with Crippen LogP contribution in [-0.4, -0.2) is 67.7 Å². The number of amides is 1. The summed E-state index contributed by atoms with van der Waals surface area (Å²) in [5, 5.41) is 0. The van der Waals surface area contributed by atoms with Crippen molar-refractivity contribution in [3.63, 3.8) is 0 Å². The third-order valence-electron chi connectivity index (χ3n) is 3.86. The Balaban J connectivity index is 1.74. The molecule has 2 rings (SSSR count). The number of carbonyl (C=O) groups is 1. The number of rotatable bonds is 4. The molecule has 0 aliphatic carbocycles. The average molecular weight is 255 g/mol. The second-order valence-electron chi connectivity index (χ2n) is 5.47. The largest absolute Gasteiger partial charge is 0.368 e. The molecular weight excluding hydrogens is 230 g/mol. The number of nitrogens with two attached hydrogens (primary N) is 1. The predicted molar refractivity (Wildman–Crippen MR) is 70.2 cm³/mol. The maximum atomic E-state index is 12.1. The van der Waals surface area contributed by atoms with Crippen LogP contribution in [0.1, 0.15) is 19.8 Å². The van der Waals surface area contributed by atoms with E-state index < -0.39 is 0 Å². The Morgan fingerprint density at radius 1 is 1.39 bits per heavy atom. The van der Waals surface area contributed by atoms with Gasteiger partial charge in [-0.15, -0.1) is 0 Å². The standard InChI is InChI=1S/C13H25N3O2/c1-11(9-14)10-15-4-6-16(7-5-15)13(17)12-3-2-8-18-12/h11-12H,2-10,14H2,1H3. The molecule has 0 aromatic rings. The summed E-state index contributed by atoms with van der Waals surface area (Å²) in [5.41, 5.74) is 5.64. The summed E-state index contributed by atoms with van der Waals surface area (Å²) in [7, 11) is 0. The number of carbonyl (C=O) groups excluding carboxylic acids is 1. The number of hydrogen-bond donors (Lipinski definition) is 1. The molecule has 5 heteroatoms. The van der Waals surface area contributed by atoms with E-state index in [1.807, 2.05) is 4.90 Å². The van der Waals surface area contributed by atoms with Gasteiger partial charge in [-0.1, -0.05) is 6.92 Å². The van der Waals surface area contributed by atoms with Gasteiger partial charge in [0.05, 0.1) is 0 Å². The first kappa shape index (κ1) is 13.8. The summed E-state index contributed by atoms with van der Waals surface area (Å²) in [6.45, 7) is 8.26. The monoisotopic (exact) mass is 255 g/mol. The van der Waals surface area contributed by atoms with Crippen LogP contribution in [-0.2, 0) is 9.53 Å². The van der Waals surface area contributed by atoms with E-state index in [-0.39, 0.29) is 12.0 Å². The minimum absolute atomic E-state index is 0.167. The minimum Gasteiger partial charge on any atom is -0.368 e. The van der Waals surface area contributed by atoms with Crippen LogP contribution in [0.15, 0.2) is 0 Å². The first-order chi connectivity index (χ1) is 8.70. The molecule has 2 fully saturated rings. The van der Waals surface area contributed by atoms with Crippen molar-refractivity contribution in [2.75, 3.05) is 45.9 Å². The SMILES string of the molecule is CC(CN)CN1CCN(C(=O)C2CCCO2)CC1. The van der Waals surface area contributed by atoms with Gasteiger partial charge in [0.15, 0.2) is 0 Å². The fourth-order valence-corrected chi connectivity index (χ4v) is 2.64. The smallest absolute Gasteiger partial charge is 0.251 e. The second-order valence-corrected chi connectivity index (χ2v) is 5.47. The van der Waals surface area contributed by atoms with Gasteiger partial charge in [-0.2, -0.15) is 0 Å². The van der Waals surface area contributed by atoms with Crippen LogP contribution in [0.4, 0.5) is 0 Å². The molecule has 0 bridgehead atoms. The van der Waals surface area contributed by atoms with Crippen LogP contribution >= 0.6 is 0 Å². The molecular formula is C13H25N3O2. The summed E-state index contributed by atoms with van der Waals surface area (Å²) in [6, 6.07) is 0. The highest BCUT2D eigenvalue weighted by Crippen LogP contribution is 2.16. The molecule has 2 heterocycles. The van der Waals surface area contributed by atoms with Crippen LogP contribution in [0.3, 0.4) is 0 Å². The average Bonchev–Trinajstić information content (AvgIpc) is 2.92. The summed E-state index contributed by atoms with van der Waals surface area (Å²) < 4.78 is 5.46. The van der Waals surface area contributed by atoms with Crippen molar-refractivity contribution in [1.82, 2.24) is 9.80 Å². The lowest BCUT2D eigenvalue weighted by molar-refractivity contribution is -0.142. The number of ether oxygens (including phenoxy) is 1. The molecule has 104 valence electrons. The zero-order valence-electron chi connectivity index (χ0n) is 11.3. The van der Waals surface area contributed by atoms with Gasteiger partial charge in [0.25, 0.3) is 5.91 Å². The van der Waals surface area contributed by atoms with E-state index >= 15 is 0 Å². The molecule has 1 amide bonds. The molecule has 0 aromatic heterocycles. The molecule has 2 N–H and O–H groups in total. The van der Waals surface area contributed by atoms with Gasteiger partial charge in [0.2, 0.25) is 0 Å². The summed E-state index contributed by atoms with van der Waals surface area (Å²) in [5.74, 6) is 0.726. The van der Waals surface area contributed by atoms with Gasteiger partial charge >= 0.3 is 0 Å². The van der Waals surface area contributed by atoms with E-state index in [0.717, 1.165) is 58.7 Å². The molecule has 0 aromatic carbocycles. The van der Waals surface area contributed by atoms with Crippen molar-refractivity contribution in [3.8, 4) is 0 Å². The Bertz CT molecular complexity index is 271. The fourth-order valence-electron chi connectivity index (χ4n) is 2.64. The summed E-state index contributed by atoms with van der Waals surface area (Å²) in [4.78, 5) is 16.5. The highest BCUT2D eigenvalue weighted by Gasteiger charge is 2.30. The lowest BCUT2D eigenvalue weighted by Crippen LogP contribution is -2.52. The topological polar surface area (TPSA) is 58.8 Å². The van der Waals surface area contributed by atoms with Crippen LogP contribution in [0, 0.1) is 5.92 Å². The van der Waals surface area contributed by atoms with Crippen LogP contribution in [0.5, 0.6) is 0 Å². The molecule has 2 unspecified atom stereocenters. The molecule has 2 aliphatic heterocycles. The molecule has 0 radical (unpaired) electrons. The molecule has 2 saturated heterocycles. The number of nitrogens with zero attached hydrogens (tertiary/aromatic N) is 2. The van der Waals surface area contributed by atoms with Gasteiger partial charge in [0, 0.05) is 39.3 Å². The summed E-state index contributed by atoms with van der Waals surface area (Å²) in [6.07, 6.45) is 1.74. The molecule has 0 spiro atoms. The highest BCUT2D eigenvalue weighted by molar-refractivity contribution is 5.81. The second kappa shape index (κ2) is 6.50. The van der Waals surface area contributed by atoms with Crippen LogP contribution in [0.25, 0.3) is 0 Å². The molecule has 2 atom stereocenters. The first-order valence-electron chi connectivity index (χ1n) is 7.03. The Kier molecular flexibility index (Phi) is 4.97. The molecule has 18 heavy (non-hydrogen) atoms. The van der Waals surface area contributed by atoms with E-state index in [4.69, 9.17) is 10.5 Å². The minimum atomic E-state index is -0.167. The zero-order valence-corrected chi connectivity index (χ0v) is 11.3. The Morgan fingerprint density at radius 3 is 2.67 bits per heavy atom. The zero-order chi connectivity index (χ0) is 13.0. The lowest BCUT2D eigenvalue weighted by Gasteiger charge is -2.36. The van der Waals surface area contributed by atoms with E-state index in [9.17, 15) is 4.79 Å². The van der Waals surface area contributed by atoms with Gasteiger partial charge in [-0.3, -0.25) is 9.69 Å². The Morgan fingerprint density at radius 2 is 2.11 bits per heavy atom. The third kappa shape index (κ3) is 3.43.